The molecule has 26 heavy (non-hydrogen) atoms. The highest BCUT2D eigenvalue weighted by Crippen LogP contribution is 2.42. The van der Waals surface area contributed by atoms with Gasteiger partial charge in [0.25, 0.3) is 0 Å². The van der Waals surface area contributed by atoms with E-state index in [0.717, 1.165) is 11.6 Å². The molecule has 0 aliphatic carbocycles. The Morgan fingerprint density at radius 1 is 1.08 bits per heavy atom. The number of rotatable bonds is 1. The summed E-state index contributed by atoms with van der Waals surface area (Å²) in [6.45, 7) is 5.42. The number of hydrogen-bond acceptors (Lipinski definition) is 2. The molecule has 0 amide bonds. The summed E-state index contributed by atoms with van der Waals surface area (Å²) in [4.78, 5) is 3.37. The van der Waals surface area contributed by atoms with E-state index in [-0.39, 0.29) is 22.5 Å². The van der Waals surface area contributed by atoms with Crippen LogP contribution in [0, 0.1) is 24.4 Å². The molecule has 134 valence electrons. The molecular weight excluding hydrogens is 359 g/mol. The molecular formula is C19H16F3N3S. The van der Waals surface area contributed by atoms with Crippen LogP contribution in [0.5, 0.6) is 0 Å². The average Bonchev–Trinajstić information content (AvgIpc) is 2.90. The van der Waals surface area contributed by atoms with E-state index in [4.69, 9.17) is 12.2 Å². The summed E-state index contributed by atoms with van der Waals surface area (Å²) in [7, 11) is 0. The molecule has 1 aliphatic rings. The number of thiocarbonyl (C=S) groups is 1. The Bertz CT molecular complexity index is 1090. The van der Waals surface area contributed by atoms with Crippen LogP contribution in [-0.2, 0) is 0 Å². The fourth-order valence-electron chi connectivity index (χ4n) is 3.28. The summed E-state index contributed by atoms with van der Waals surface area (Å²) in [5.41, 5.74) is 0.806. The maximum absolute atomic E-state index is 15.3. The standard InChI is InChI=1S/C19H16F3N3S/c1-8-7-23-16-10(8)4-9(20)5-11(16)14-12(21)6-13-17(15(14)22)24-18(26)19(2,3)25-13/h4-7,23,25H,1-3H3,(H,24,26). The van der Waals surface area contributed by atoms with Crippen LogP contribution < -0.4 is 10.6 Å². The van der Waals surface area contributed by atoms with Crippen LogP contribution in [0.4, 0.5) is 24.5 Å². The van der Waals surface area contributed by atoms with Crippen molar-refractivity contribution >= 4 is 39.5 Å². The van der Waals surface area contributed by atoms with Gasteiger partial charge < -0.3 is 15.6 Å². The van der Waals surface area contributed by atoms with Gasteiger partial charge in [-0.05, 0) is 44.5 Å². The van der Waals surface area contributed by atoms with Crippen molar-refractivity contribution in [1.29, 1.82) is 0 Å². The van der Waals surface area contributed by atoms with Crippen LogP contribution >= 0.6 is 12.2 Å². The number of anilines is 2. The zero-order chi connectivity index (χ0) is 18.8. The average molecular weight is 375 g/mol. The highest BCUT2D eigenvalue weighted by molar-refractivity contribution is 7.80. The minimum absolute atomic E-state index is 0.0615. The lowest BCUT2D eigenvalue weighted by Crippen LogP contribution is -2.46. The summed E-state index contributed by atoms with van der Waals surface area (Å²) >= 11 is 5.27. The first-order valence-corrected chi connectivity index (χ1v) is 8.49. The van der Waals surface area contributed by atoms with Gasteiger partial charge in [-0.1, -0.05) is 12.2 Å². The van der Waals surface area contributed by atoms with E-state index in [2.05, 4.69) is 15.6 Å². The molecule has 7 heteroatoms. The molecule has 0 radical (unpaired) electrons. The van der Waals surface area contributed by atoms with E-state index >= 15 is 4.39 Å². The van der Waals surface area contributed by atoms with Crippen molar-refractivity contribution in [3.8, 4) is 11.1 Å². The van der Waals surface area contributed by atoms with Gasteiger partial charge in [-0.3, -0.25) is 0 Å². The minimum Gasteiger partial charge on any atom is -0.372 e. The van der Waals surface area contributed by atoms with E-state index in [9.17, 15) is 8.78 Å². The van der Waals surface area contributed by atoms with Gasteiger partial charge in [0, 0.05) is 17.1 Å². The molecule has 0 fully saturated rings. The fraction of sp³-hybridized carbons (Fsp3) is 0.211. The molecule has 3 aromatic rings. The molecule has 4 rings (SSSR count). The third kappa shape index (κ3) is 2.38. The van der Waals surface area contributed by atoms with E-state index < -0.39 is 23.0 Å². The topological polar surface area (TPSA) is 39.9 Å². The van der Waals surface area contributed by atoms with Crippen molar-refractivity contribution in [3.05, 3.63) is 47.4 Å². The second-order valence-electron chi connectivity index (χ2n) is 7.02. The van der Waals surface area contributed by atoms with Crippen LogP contribution in [0.1, 0.15) is 19.4 Å². The largest absolute Gasteiger partial charge is 0.372 e. The molecule has 0 unspecified atom stereocenters. The first-order valence-electron chi connectivity index (χ1n) is 8.08. The number of halogens is 3. The van der Waals surface area contributed by atoms with Gasteiger partial charge in [0.05, 0.1) is 28.0 Å². The van der Waals surface area contributed by atoms with Crippen molar-refractivity contribution in [1.82, 2.24) is 4.98 Å². The van der Waals surface area contributed by atoms with Crippen molar-refractivity contribution in [3.63, 3.8) is 0 Å². The van der Waals surface area contributed by atoms with E-state index in [0.29, 0.717) is 15.9 Å². The van der Waals surface area contributed by atoms with E-state index in [1.54, 1.807) is 13.1 Å². The third-order valence-corrected chi connectivity index (χ3v) is 5.31. The predicted octanol–water partition coefficient (Wildman–Crippen LogP) is 5.50. The van der Waals surface area contributed by atoms with Gasteiger partial charge >= 0.3 is 0 Å². The van der Waals surface area contributed by atoms with Gasteiger partial charge in [-0.2, -0.15) is 0 Å². The lowest BCUT2D eigenvalue weighted by atomic mass is 9.96. The van der Waals surface area contributed by atoms with Crippen LogP contribution in [0.15, 0.2) is 24.4 Å². The Morgan fingerprint density at radius 2 is 1.81 bits per heavy atom. The molecule has 0 atom stereocenters. The quantitative estimate of drug-likeness (QED) is 0.492. The Balaban J connectivity index is 2.01. The highest BCUT2D eigenvalue weighted by atomic mass is 32.1. The number of aromatic nitrogens is 1. The van der Waals surface area contributed by atoms with Crippen molar-refractivity contribution in [2.24, 2.45) is 0 Å². The zero-order valence-electron chi connectivity index (χ0n) is 14.4. The van der Waals surface area contributed by atoms with Crippen LogP contribution in [0.2, 0.25) is 0 Å². The summed E-state index contributed by atoms with van der Waals surface area (Å²) in [6.07, 6.45) is 1.68. The SMILES string of the molecule is Cc1c[nH]c2c(-c3c(F)cc4c(c3F)NC(=S)C(C)(C)N4)cc(F)cc12. The number of nitrogens with one attached hydrogen (secondary N) is 3. The molecule has 0 saturated heterocycles. The number of fused-ring (bicyclic) bond motifs is 2. The van der Waals surface area contributed by atoms with Gasteiger partial charge in [0.1, 0.15) is 16.6 Å². The molecule has 1 aromatic heterocycles. The molecule has 1 aliphatic heterocycles. The van der Waals surface area contributed by atoms with Crippen LogP contribution in [-0.4, -0.2) is 15.5 Å². The number of H-pyrrole nitrogens is 1. The molecule has 0 saturated carbocycles. The first kappa shape index (κ1) is 16.9. The van der Waals surface area contributed by atoms with Crippen molar-refractivity contribution in [2.45, 2.75) is 26.3 Å². The number of hydrogen-bond donors (Lipinski definition) is 3. The van der Waals surface area contributed by atoms with Gasteiger partial charge in [0.2, 0.25) is 0 Å². The van der Waals surface area contributed by atoms with Gasteiger partial charge in [-0.25, -0.2) is 13.2 Å². The molecule has 2 aromatic carbocycles. The minimum atomic E-state index is -0.815. The summed E-state index contributed by atoms with van der Waals surface area (Å²) in [5.74, 6) is -2.16. The zero-order valence-corrected chi connectivity index (χ0v) is 15.2. The van der Waals surface area contributed by atoms with Crippen molar-refractivity contribution < 1.29 is 13.2 Å². The maximum atomic E-state index is 15.3. The Hall–Kier alpha value is -2.54. The number of benzene rings is 2. The van der Waals surface area contributed by atoms with Gasteiger partial charge in [0.15, 0.2) is 5.82 Å². The Labute approximate surface area is 153 Å². The van der Waals surface area contributed by atoms with Gasteiger partial charge in [-0.15, -0.1) is 0 Å². The Kier molecular flexibility index (Phi) is 3.56. The summed E-state index contributed by atoms with van der Waals surface area (Å²) < 4.78 is 44.2. The lowest BCUT2D eigenvalue weighted by Gasteiger charge is -2.35. The number of aryl methyl sites for hydroxylation is 1. The second kappa shape index (κ2) is 5.48. The Morgan fingerprint density at radius 3 is 2.54 bits per heavy atom. The van der Waals surface area contributed by atoms with Crippen molar-refractivity contribution in [2.75, 3.05) is 10.6 Å². The van der Waals surface area contributed by atoms with E-state index in [1.165, 1.54) is 12.1 Å². The summed E-state index contributed by atoms with van der Waals surface area (Å²) in [6, 6.07) is 3.68. The molecule has 2 heterocycles. The molecule has 3 N–H and O–H groups in total. The van der Waals surface area contributed by atoms with E-state index in [1.807, 2.05) is 13.8 Å². The monoisotopic (exact) mass is 375 g/mol. The molecule has 3 nitrogen and oxygen atoms in total. The third-order valence-electron chi connectivity index (χ3n) is 4.70. The van der Waals surface area contributed by atoms with Crippen LogP contribution in [0.25, 0.3) is 22.0 Å². The number of aromatic amines is 1. The lowest BCUT2D eigenvalue weighted by molar-refractivity contribution is 0.590. The fourth-order valence-corrected chi connectivity index (χ4v) is 3.43. The molecule has 0 bridgehead atoms. The maximum Gasteiger partial charge on any atom is 0.159 e. The normalized spacial score (nSPS) is 15.5. The summed E-state index contributed by atoms with van der Waals surface area (Å²) in [5, 5.41) is 6.46. The van der Waals surface area contributed by atoms with Crippen LogP contribution in [0.3, 0.4) is 0 Å². The first-order chi connectivity index (χ1) is 12.2. The smallest absolute Gasteiger partial charge is 0.159 e. The second-order valence-corrected chi connectivity index (χ2v) is 7.43. The predicted molar refractivity (Wildman–Crippen MR) is 102 cm³/mol. The highest BCUT2D eigenvalue weighted by Gasteiger charge is 2.33. The molecule has 0 spiro atoms.